The van der Waals surface area contributed by atoms with Crippen molar-refractivity contribution in [3.63, 3.8) is 0 Å². The summed E-state index contributed by atoms with van der Waals surface area (Å²) in [6.07, 6.45) is 0. The lowest BCUT2D eigenvalue weighted by Gasteiger charge is -2.05. The first-order valence-corrected chi connectivity index (χ1v) is 6.21. The average molecular weight is 349 g/mol. The second kappa shape index (κ2) is 4.73. The number of hydrogen-bond donors (Lipinski definition) is 0. The zero-order valence-electron chi connectivity index (χ0n) is 7.68. The summed E-state index contributed by atoms with van der Waals surface area (Å²) in [5.41, 5.74) is 2.07. The number of benzene rings is 2. The van der Waals surface area contributed by atoms with E-state index in [4.69, 9.17) is 23.2 Å². The van der Waals surface area contributed by atoms with Crippen molar-refractivity contribution in [1.29, 1.82) is 0 Å². The molecule has 2 rings (SSSR count). The van der Waals surface area contributed by atoms with Gasteiger partial charge in [0.2, 0.25) is 0 Å². The highest BCUT2D eigenvalue weighted by Crippen LogP contribution is 2.31. The van der Waals surface area contributed by atoms with Gasteiger partial charge in [-0.3, -0.25) is 0 Å². The Hall–Kier alpha value is -0.250. The van der Waals surface area contributed by atoms with Crippen molar-refractivity contribution in [1.82, 2.24) is 0 Å². The van der Waals surface area contributed by atoms with Crippen molar-refractivity contribution in [2.24, 2.45) is 0 Å². The predicted molar refractivity (Wildman–Crippen MR) is 74.6 cm³/mol. The lowest BCUT2D eigenvalue weighted by Crippen LogP contribution is -1.80. The molecule has 0 spiro atoms. The molecule has 0 saturated carbocycles. The molecule has 3 heteroatoms. The van der Waals surface area contributed by atoms with Crippen LogP contribution in [0.2, 0.25) is 10.0 Å². The van der Waals surface area contributed by atoms with E-state index in [0.29, 0.717) is 5.02 Å². The van der Waals surface area contributed by atoms with Crippen LogP contribution >= 0.6 is 45.8 Å². The van der Waals surface area contributed by atoms with Gasteiger partial charge in [0.05, 0.1) is 0 Å². The van der Waals surface area contributed by atoms with Gasteiger partial charge in [0.15, 0.2) is 0 Å². The molecule has 0 aliphatic heterocycles. The smallest absolute Gasteiger partial charge is 0.0485 e. The summed E-state index contributed by atoms with van der Waals surface area (Å²) in [7, 11) is 0. The molecular formula is C12H7Cl2I. The average Bonchev–Trinajstić information content (AvgIpc) is 2.22. The fraction of sp³-hybridized carbons (Fsp3) is 0. The van der Waals surface area contributed by atoms with E-state index in [0.717, 1.165) is 16.1 Å². The van der Waals surface area contributed by atoms with Gasteiger partial charge in [0, 0.05) is 19.2 Å². The molecule has 0 fully saturated rings. The Bertz CT molecular complexity index is 495. The summed E-state index contributed by atoms with van der Waals surface area (Å²) in [5, 5.41) is 1.43. The first-order chi connectivity index (χ1) is 7.16. The molecule has 0 amide bonds. The van der Waals surface area contributed by atoms with Crippen molar-refractivity contribution in [2.75, 3.05) is 0 Å². The summed E-state index contributed by atoms with van der Waals surface area (Å²) in [4.78, 5) is 0. The third-order valence-corrected chi connectivity index (χ3v) is 3.30. The van der Waals surface area contributed by atoms with E-state index in [-0.39, 0.29) is 0 Å². The third kappa shape index (κ3) is 2.65. The van der Waals surface area contributed by atoms with Gasteiger partial charge in [-0.25, -0.2) is 0 Å². The molecule has 76 valence electrons. The van der Waals surface area contributed by atoms with Crippen LogP contribution in [0.25, 0.3) is 11.1 Å². The van der Waals surface area contributed by atoms with Gasteiger partial charge in [-0.2, -0.15) is 0 Å². The van der Waals surface area contributed by atoms with E-state index < -0.39 is 0 Å². The fourth-order valence-electron chi connectivity index (χ4n) is 1.37. The first-order valence-electron chi connectivity index (χ1n) is 4.38. The minimum atomic E-state index is 0.702. The molecule has 2 aromatic carbocycles. The maximum absolute atomic E-state index is 6.12. The molecule has 0 aromatic heterocycles. The summed E-state index contributed by atoms with van der Waals surface area (Å²) < 4.78 is 1.18. The van der Waals surface area contributed by atoms with Crippen LogP contribution < -0.4 is 0 Å². The van der Waals surface area contributed by atoms with E-state index in [2.05, 4.69) is 28.7 Å². The van der Waals surface area contributed by atoms with Crippen molar-refractivity contribution >= 4 is 45.8 Å². The quantitative estimate of drug-likeness (QED) is 0.616. The maximum atomic E-state index is 6.12. The molecule has 0 atom stereocenters. The Balaban J connectivity index is 2.58. The van der Waals surface area contributed by atoms with E-state index in [1.807, 2.05) is 30.3 Å². The third-order valence-electron chi connectivity index (χ3n) is 2.06. The van der Waals surface area contributed by atoms with Crippen LogP contribution in [0.5, 0.6) is 0 Å². The van der Waals surface area contributed by atoms with Crippen molar-refractivity contribution in [3.05, 3.63) is 56.1 Å². The van der Waals surface area contributed by atoms with Crippen molar-refractivity contribution in [3.8, 4) is 11.1 Å². The minimum absolute atomic E-state index is 0.702. The number of hydrogen-bond acceptors (Lipinski definition) is 0. The van der Waals surface area contributed by atoms with Crippen LogP contribution in [0.3, 0.4) is 0 Å². The molecule has 0 unspecified atom stereocenters. The van der Waals surface area contributed by atoms with Crippen molar-refractivity contribution in [2.45, 2.75) is 0 Å². The molecule has 0 heterocycles. The van der Waals surface area contributed by atoms with Gasteiger partial charge in [0.1, 0.15) is 0 Å². The van der Waals surface area contributed by atoms with Crippen LogP contribution in [0, 0.1) is 3.57 Å². The zero-order chi connectivity index (χ0) is 10.8. The largest absolute Gasteiger partial charge is 0.0843 e. The molecule has 0 nitrogen and oxygen atoms in total. The molecule has 15 heavy (non-hydrogen) atoms. The predicted octanol–water partition coefficient (Wildman–Crippen LogP) is 5.27. The Morgan fingerprint density at radius 1 is 0.933 bits per heavy atom. The highest BCUT2D eigenvalue weighted by Gasteiger charge is 2.04. The van der Waals surface area contributed by atoms with Crippen LogP contribution in [0.1, 0.15) is 0 Å². The molecule has 0 aliphatic rings. The minimum Gasteiger partial charge on any atom is -0.0843 e. The topological polar surface area (TPSA) is 0 Å². The molecule has 2 aromatic rings. The summed E-state index contributed by atoms with van der Waals surface area (Å²) in [6, 6.07) is 13.7. The van der Waals surface area contributed by atoms with Crippen LogP contribution in [0.15, 0.2) is 42.5 Å². The Labute approximate surface area is 112 Å². The van der Waals surface area contributed by atoms with Gasteiger partial charge in [-0.05, 0) is 58.5 Å². The molecule has 0 bridgehead atoms. The van der Waals surface area contributed by atoms with Gasteiger partial charge < -0.3 is 0 Å². The Morgan fingerprint density at radius 2 is 1.73 bits per heavy atom. The van der Waals surface area contributed by atoms with Gasteiger partial charge >= 0.3 is 0 Å². The highest BCUT2D eigenvalue weighted by atomic mass is 127. The Kier molecular flexibility index (Phi) is 3.54. The van der Waals surface area contributed by atoms with Crippen LogP contribution in [0.4, 0.5) is 0 Å². The Morgan fingerprint density at radius 3 is 2.47 bits per heavy atom. The van der Waals surface area contributed by atoms with Crippen LogP contribution in [-0.4, -0.2) is 0 Å². The first kappa shape index (κ1) is 11.2. The SMILES string of the molecule is Clc1ccc(Cl)c(-c2cccc(I)c2)c1. The number of rotatable bonds is 1. The van der Waals surface area contributed by atoms with Gasteiger partial charge in [-0.1, -0.05) is 35.3 Å². The van der Waals surface area contributed by atoms with E-state index in [1.165, 1.54) is 3.57 Å². The fourth-order valence-corrected chi connectivity index (χ4v) is 2.32. The van der Waals surface area contributed by atoms with E-state index in [1.54, 1.807) is 6.07 Å². The molecule has 0 N–H and O–H groups in total. The summed E-state index contributed by atoms with van der Waals surface area (Å²) >= 11 is 14.3. The normalized spacial score (nSPS) is 10.3. The monoisotopic (exact) mass is 348 g/mol. The second-order valence-corrected chi connectivity index (χ2v) is 5.22. The van der Waals surface area contributed by atoms with Crippen molar-refractivity contribution < 1.29 is 0 Å². The molecule has 0 saturated heterocycles. The summed E-state index contributed by atoms with van der Waals surface area (Å²) in [6.45, 7) is 0. The number of halogens is 3. The maximum Gasteiger partial charge on any atom is 0.0485 e. The lowest BCUT2D eigenvalue weighted by atomic mass is 10.1. The molecular weight excluding hydrogens is 342 g/mol. The summed E-state index contributed by atoms with van der Waals surface area (Å²) in [5.74, 6) is 0. The van der Waals surface area contributed by atoms with E-state index >= 15 is 0 Å². The van der Waals surface area contributed by atoms with E-state index in [9.17, 15) is 0 Å². The molecule has 0 radical (unpaired) electrons. The zero-order valence-corrected chi connectivity index (χ0v) is 11.3. The second-order valence-electron chi connectivity index (χ2n) is 3.13. The van der Waals surface area contributed by atoms with Gasteiger partial charge in [0.25, 0.3) is 0 Å². The molecule has 0 aliphatic carbocycles. The highest BCUT2D eigenvalue weighted by molar-refractivity contribution is 14.1. The van der Waals surface area contributed by atoms with Crippen LogP contribution in [-0.2, 0) is 0 Å². The lowest BCUT2D eigenvalue weighted by molar-refractivity contribution is 1.59. The van der Waals surface area contributed by atoms with Gasteiger partial charge in [-0.15, -0.1) is 0 Å². The standard InChI is InChI=1S/C12H7Cl2I/c13-9-4-5-12(14)11(7-9)8-2-1-3-10(15)6-8/h1-7H.